The lowest BCUT2D eigenvalue weighted by Crippen LogP contribution is -2.41. The predicted molar refractivity (Wildman–Crippen MR) is 93.8 cm³/mol. The maximum absolute atomic E-state index is 12.0. The van der Waals surface area contributed by atoms with Gasteiger partial charge in [-0.3, -0.25) is 4.57 Å². The number of nitrogens with two attached hydrogens (primary N) is 1. The van der Waals surface area contributed by atoms with Gasteiger partial charge in [0.2, 0.25) is 0 Å². The zero-order chi connectivity index (χ0) is 18.5. The molecule has 1 aromatic carbocycles. The van der Waals surface area contributed by atoms with Crippen LogP contribution in [0.2, 0.25) is 0 Å². The molecule has 1 rings (SSSR count). The number of benzene rings is 1. The molecule has 0 radical (unpaired) electrons. The number of ether oxygens (including phenoxy) is 1. The molecule has 2 unspecified atom stereocenters. The number of amides is 1. The lowest BCUT2D eigenvalue weighted by Gasteiger charge is -2.26. The van der Waals surface area contributed by atoms with Gasteiger partial charge in [-0.1, -0.05) is 19.1 Å². The fraction of sp³-hybridized carbons (Fsp3) is 0.562. The third kappa shape index (κ3) is 7.81. The monoisotopic (exact) mass is 358 g/mol. The quantitative estimate of drug-likeness (QED) is 0.458. The zero-order valence-corrected chi connectivity index (χ0v) is 15.4. The van der Waals surface area contributed by atoms with Crippen LogP contribution in [0.5, 0.6) is 0 Å². The van der Waals surface area contributed by atoms with Gasteiger partial charge in [0.15, 0.2) is 0 Å². The van der Waals surface area contributed by atoms with Crippen molar-refractivity contribution in [2.45, 2.75) is 57.8 Å². The van der Waals surface area contributed by atoms with Crippen LogP contribution in [0.25, 0.3) is 0 Å². The first-order valence-corrected chi connectivity index (χ1v) is 9.44. The van der Waals surface area contributed by atoms with Gasteiger partial charge < -0.3 is 25.6 Å². The predicted octanol–water partition coefficient (Wildman–Crippen LogP) is 2.66. The molecule has 24 heavy (non-hydrogen) atoms. The van der Waals surface area contributed by atoms with Crippen LogP contribution < -0.4 is 11.1 Å². The van der Waals surface area contributed by atoms with E-state index in [2.05, 4.69) is 5.32 Å². The van der Waals surface area contributed by atoms with Crippen molar-refractivity contribution in [3.05, 3.63) is 29.8 Å². The van der Waals surface area contributed by atoms with E-state index < -0.39 is 31.0 Å². The molecule has 2 atom stereocenters. The van der Waals surface area contributed by atoms with Crippen LogP contribution in [0.4, 0.5) is 10.5 Å². The molecular weight excluding hydrogens is 331 g/mol. The van der Waals surface area contributed by atoms with Crippen LogP contribution in [0.3, 0.4) is 0 Å². The highest BCUT2D eigenvalue weighted by Crippen LogP contribution is 2.43. The second-order valence-electron chi connectivity index (χ2n) is 6.96. The highest BCUT2D eigenvalue weighted by Gasteiger charge is 2.29. The van der Waals surface area contributed by atoms with Gasteiger partial charge in [-0.15, -0.1) is 0 Å². The molecule has 0 spiro atoms. The number of hydrogen-bond acceptors (Lipinski definition) is 4. The van der Waals surface area contributed by atoms with Crippen LogP contribution in [0.1, 0.15) is 39.7 Å². The summed E-state index contributed by atoms with van der Waals surface area (Å²) in [6, 6.07) is 6.66. The van der Waals surface area contributed by atoms with Crippen molar-refractivity contribution in [3.63, 3.8) is 0 Å². The van der Waals surface area contributed by atoms with Gasteiger partial charge in [-0.25, -0.2) is 4.79 Å². The van der Waals surface area contributed by atoms with Crippen molar-refractivity contribution < 1.29 is 23.9 Å². The van der Waals surface area contributed by atoms with E-state index in [0.29, 0.717) is 12.1 Å². The molecule has 0 fully saturated rings. The Morgan fingerprint density at radius 3 is 2.29 bits per heavy atom. The maximum atomic E-state index is 12.0. The van der Waals surface area contributed by atoms with Gasteiger partial charge in [0, 0.05) is 11.7 Å². The molecule has 1 aromatic rings. The number of anilines is 1. The van der Waals surface area contributed by atoms with Gasteiger partial charge in [0.25, 0.3) is 0 Å². The van der Waals surface area contributed by atoms with E-state index in [1.165, 1.54) is 6.92 Å². The lowest BCUT2D eigenvalue weighted by atomic mass is 10.0. The van der Waals surface area contributed by atoms with E-state index in [1.54, 1.807) is 32.9 Å². The molecule has 0 saturated heterocycles. The van der Waals surface area contributed by atoms with Crippen LogP contribution in [-0.4, -0.2) is 33.2 Å². The Bertz CT molecular complexity index is 591. The first-order chi connectivity index (χ1) is 10.9. The van der Waals surface area contributed by atoms with Crippen molar-refractivity contribution in [1.29, 1.82) is 0 Å². The van der Waals surface area contributed by atoms with Crippen LogP contribution in [-0.2, 0) is 15.7 Å². The summed E-state index contributed by atoms with van der Waals surface area (Å²) in [5.74, 6) is 0. The first kappa shape index (κ1) is 20.5. The summed E-state index contributed by atoms with van der Waals surface area (Å²) in [5.41, 5.74) is 5.67. The topological polar surface area (TPSA) is 122 Å². The fourth-order valence-corrected chi connectivity index (χ4v) is 2.68. The molecule has 5 N–H and O–H groups in total. The number of alkyl carbamates (subject to hydrolysis) is 1. The largest absolute Gasteiger partial charge is 0.444 e. The maximum Gasteiger partial charge on any atom is 0.407 e. The standard InChI is InChI=1S/C16H27N2O5P/c1-11(24(20,21)22)9-14(18-15(19)23-16(2,3)4)10-12-5-7-13(17)8-6-12/h5-8,11,14H,9-10,17H2,1-4H3,(H,18,19)(H2,20,21,22). The Morgan fingerprint density at radius 1 is 1.29 bits per heavy atom. The van der Waals surface area contributed by atoms with Crippen molar-refractivity contribution in [2.75, 3.05) is 5.73 Å². The summed E-state index contributed by atoms with van der Waals surface area (Å²) >= 11 is 0. The van der Waals surface area contributed by atoms with E-state index in [1.807, 2.05) is 12.1 Å². The number of nitrogen functional groups attached to an aromatic ring is 1. The molecular formula is C16H27N2O5P. The molecule has 0 heterocycles. The minimum atomic E-state index is -4.22. The van der Waals surface area contributed by atoms with E-state index in [-0.39, 0.29) is 6.42 Å². The van der Waals surface area contributed by atoms with E-state index in [9.17, 15) is 19.1 Å². The Morgan fingerprint density at radius 2 is 1.83 bits per heavy atom. The second kappa shape index (κ2) is 8.01. The Kier molecular flexibility index (Phi) is 6.84. The smallest absolute Gasteiger partial charge is 0.407 e. The molecule has 0 aliphatic heterocycles. The third-order valence-corrected chi connectivity index (χ3v) is 4.74. The summed E-state index contributed by atoms with van der Waals surface area (Å²) in [6.45, 7) is 6.72. The van der Waals surface area contributed by atoms with Crippen molar-refractivity contribution in [2.24, 2.45) is 0 Å². The zero-order valence-electron chi connectivity index (χ0n) is 14.5. The average Bonchev–Trinajstić information content (AvgIpc) is 2.37. The summed E-state index contributed by atoms with van der Waals surface area (Å²) in [6.07, 6.45) is -0.0570. The van der Waals surface area contributed by atoms with Gasteiger partial charge in [-0.05, 0) is 51.3 Å². The summed E-state index contributed by atoms with van der Waals surface area (Å²) in [7, 11) is -4.22. The number of carbonyl (C=O) groups is 1. The number of rotatable bonds is 6. The average molecular weight is 358 g/mol. The highest BCUT2D eigenvalue weighted by molar-refractivity contribution is 7.52. The van der Waals surface area contributed by atoms with Crippen LogP contribution >= 0.6 is 7.60 Å². The second-order valence-corrected chi connectivity index (χ2v) is 9.02. The summed E-state index contributed by atoms with van der Waals surface area (Å²) < 4.78 is 16.6. The minimum absolute atomic E-state index is 0.133. The molecule has 0 aliphatic rings. The van der Waals surface area contributed by atoms with Gasteiger partial charge >= 0.3 is 13.7 Å². The highest BCUT2D eigenvalue weighted by atomic mass is 31.2. The van der Waals surface area contributed by atoms with E-state index in [4.69, 9.17) is 10.5 Å². The molecule has 136 valence electrons. The normalized spacial score (nSPS) is 14.8. The Hall–Kier alpha value is -1.56. The van der Waals surface area contributed by atoms with Crippen LogP contribution in [0.15, 0.2) is 24.3 Å². The number of nitrogens with one attached hydrogen (secondary N) is 1. The molecule has 8 heteroatoms. The Balaban J connectivity index is 2.84. The van der Waals surface area contributed by atoms with Gasteiger partial charge in [-0.2, -0.15) is 0 Å². The number of hydrogen-bond donors (Lipinski definition) is 4. The lowest BCUT2D eigenvalue weighted by molar-refractivity contribution is 0.0501. The molecule has 0 bridgehead atoms. The first-order valence-electron chi connectivity index (χ1n) is 7.76. The summed E-state index contributed by atoms with van der Waals surface area (Å²) in [4.78, 5) is 30.6. The van der Waals surface area contributed by atoms with Gasteiger partial charge in [0.1, 0.15) is 5.60 Å². The number of carbonyl (C=O) groups excluding carboxylic acids is 1. The molecule has 7 nitrogen and oxygen atoms in total. The van der Waals surface area contributed by atoms with E-state index in [0.717, 1.165) is 5.56 Å². The third-order valence-electron chi connectivity index (χ3n) is 3.38. The van der Waals surface area contributed by atoms with Crippen LogP contribution in [0, 0.1) is 0 Å². The molecule has 0 aromatic heterocycles. The molecule has 0 saturated carbocycles. The van der Waals surface area contributed by atoms with Gasteiger partial charge in [0.05, 0.1) is 5.66 Å². The molecule has 0 aliphatic carbocycles. The SMILES string of the molecule is CC(CC(Cc1ccc(N)cc1)NC(=O)OC(C)(C)C)P(=O)(O)O. The minimum Gasteiger partial charge on any atom is -0.444 e. The van der Waals surface area contributed by atoms with E-state index >= 15 is 0 Å². The Labute approximate surface area is 142 Å². The fourth-order valence-electron chi connectivity index (χ4n) is 2.15. The summed E-state index contributed by atoms with van der Waals surface area (Å²) in [5, 5.41) is 2.70. The van der Waals surface area contributed by atoms with Crippen molar-refractivity contribution >= 4 is 19.4 Å². The van der Waals surface area contributed by atoms with Crippen molar-refractivity contribution in [1.82, 2.24) is 5.32 Å². The van der Waals surface area contributed by atoms with Crippen molar-refractivity contribution in [3.8, 4) is 0 Å². The molecule has 1 amide bonds.